The van der Waals surface area contributed by atoms with Crippen molar-refractivity contribution in [3.63, 3.8) is 0 Å². The van der Waals surface area contributed by atoms with Crippen LogP contribution in [-0.2, 0) is 0 Å². The van der Waals surface area contributed by atoms with Crippen LogP contribution in [0.25, 0.3) is 22.6 Å². The van der Waals surface area contributed by atoms with Crippen molar-refractivity contribution in [2.45, 2.75) is 64.6 Å². The first-order valence-corrected chi connectivity index (χ1v) is 10.8. The quantitative estimate of drug-likeness (QED) is 0.578. The Labute approximate surface area is 183 Å². The van der Waals surface area contributed by atoms with Gasteiger partial charge in [0.2, 0.25) is 0 Å². The molecule has 3 heterocycles. The molecular weight excluding hydrogens is 390 g/mol. The van der Waals surface area contributed by atoms with Crippen molar-refractivity contribution in [1.82, 2.24) is 25.6 Å². The van der Waals surface area contributed by atoms with Crippen molar-refractivity contribution in [1.29, 1.82) is 0 Å². The molecule has 3 aromatic rings. The number of ether oxygens (including phenoxy) is 1. The Morgan fingerprint density at radius 2 is 1.94 bits per heavy atom. The number of pyridine rings is 1. The van der Waals surface area contributed by atoms with E-state index >= 15 is 0 Å². The molecule has 0 bridgehead atoms. The van der Waals surface area contributed by atoms with Crippen molar-refractivity contribution in [3.05, 3.63) is 42.1 Å². The number of carbonyl (C=O) groups excluding carboxylic acids is 1. The van der Waals surface area contributed by atoms with E-state index in [9.17, 15) is 4.79 Å². The van der Waals surface area contributed by atoms with E-state index in [4.69, 9.17) is 4.74 Å². The lowest BCUT2D eigenvalue weighted by molar-refractivity contribution is 0.0872. The van der Waals surface area contributed by atoms with Gasteiger partial charge in [-0.25, -0.2) is 9.97 Å². The third kappa shape index (κ3) is 4.71. The van der Waals surface area contributed by atoms with Crippen LogP contribution < -0.4 is 15.4 Å². The average Bonchev–Trinajstić information content (AvgIpc) is 3.09. The largest absolute Gasteiger partial charge is 0.493 e. The van der Waals surface area contributed by atoms with E-state index in [0.29, 0.717) is 29.4 Å². The number of hydrogen-bond acceptors (Lipinski definition) is 5. The first kappa shape index (κ1) is 21.3. The molecule has 1 aromatic carbocycles. The third-order valence-electron chi connectivity index (χ3n) is 5.58. The van der Waals surface area contributed by atoms with Gasteiger partial charge in [0, 0.05) is 28.9 Å². The predicted octanol–water partition coefficient (Wildman–Crippen LogP) is 4.06. The zero-order chi connectivity index (χ0) is 22.2. The van der Waals surface area contributed by atoms with Gasteiger partial charge in [0.05, 0.1) is 17.7 Å². The summed E-state index contributed by atoms with van der Waals surface area (Å²) in [5.74, 6) is 1.21. The molecular formula is C24H31N5O2. The lowest BCUT2D eigenvalue weighted by atomic mass is 9.79. The lowest BCUT2D eigenvalue weighted by Crippen LogP contribution is -2.62. The molecule has 31 heavy (non-hydrogen) atoms. The van der Waals surface area contributed by atoms with Gasteiger partial charge in [-0.1, -0.05) is 0 Å². The van der Waals surface area contributed by atoms with Gasteiger partial charge < -0.3 is 20.4 Å². The minimum atomic E-state index is -0.0859. The normalized spacial score (nSPS) is 18.1. The van der Waals surface area contributed by atoms with Gasteiger partial charge in [-0.3, -0.25) is 4.79 Å². The van der Waals surface area contributed by atoms with Crippen LogP contribution >= 0.6 is 0 Å². The van der Waals surface area contributed by atoms with Gasteiger partial charge in [0.15, 0.2) is 5.65 Å². The maximum absolute atomic E-state index is 13.1. The second-order valence-electron chi connectivity index (χ2n) is 9.58. The summed E-state index contributed by atoms with van der Waals surface area (Å²) in [6.45, 7) is 11.1. The number of carbonyl (C=O) groups is 1. The maximum atomic E-state index is 13.1. The minimum absolute atomic E-state index is 0.0324. The van der Waals surface area contributed by atoms with E-state index in [2.05, 4.69) is 53.3 Å². The van der Waals surface area contributed by atoms with Crippen molar-refractivity contribution in [2.24, 2.45) is 0 Å². The van der Waals surface area contributed by atoms with Crippen LogP contribution in [0.5, 0.6) is 5.75 Å². The first-order valence-electron chi connectivity index (χ1n) is 10.8. The van der Waals surface area contributed by atoms with Crippen molar-refractivity contribution in [2.75, 3.05) is 6.61 Å². The highest BCUT2D eigenvalue weighted by Crippen LogP contribution is 2.32. The molecule has 0 aliphatic carbocycles. The Kier molecular flexibility index (Phi) is 5.47. The first-order chi connectivity index (χ1) is 14.7. The predicted molar refractivity (Wildman–Crippen MR) is 122 cm³/mol. The van der Waals surface area contributed by atoms with Crippen LogP contribution in [0.1, 0.15) is 57.8 Å². The highest BCUT2D eigenvalue weighted by Gasteiger charge is 2.38. The number of nitrogens with zero attached hydrogens (tertiary/aromatic N) is 2. The number of aromatic nitrogens is 3. The number of amides is 1. The zero-order valence-electron chi connectivity index (χ0n) is 18.9. The highest BCUT2D eigenvalue weighted by molar-refractivity contribution is 5.95. The fourth-order valence-electron chi connectivity index (χ4n) is 4.80. The van der Waals surface area contributed by atoms with Crippen LogP contribution in [0, 0.1) is 0 Å². The zero-order valence-corrected chi connectivity index (χ0v) is 18.9. The summed E-state index contributed by atoms with van der Waals surface area (Å²) in [5, 5.41) is 6.88. The second kappa shape index (κ2) is 7.96. The maximum Gasteiger partial charge on any atom is 0.251 e. The van der Waals surface area contributed by atoms with Crippen LogP contribution in [0.4, 0.5) is 0 Å². The Bertz CT molecular complexity index is 1050. The summed E-state index contributed by atoms with van der Waals surface area (Å²) in [7, 11) is 0. The fourth-order valence-corrected chi connectivity index (χ4v) is 4.80. The number of hydrogen-bond donors (Lipinski definition) is 3. The summed E-state index contributed by atoms with van der Waals surface area (Å²) >= 11 is 0. The van der Waals surface area contributed by atoms with E-state index in [0.717, 1.165) is 23.9 Å². The fraction of sp³-hybridized carbons (Fsp3) is 0.458. The number of aromatic amines is 1. The molecule has 2 aromatic heterocycles. The monoisotopic (exact) mass is 421 g/mol. The van der Waals surface area contributed by atoms with Gasteiger partial charge in [-0.15, -0.1) is 0 Å². The number of piperidine rings is 1. The minimum Gasteiger partial charge on any atom is -0.493 e. The molecule has 0 unspecified atom stereocenters. The summed E-state index contributed by atoms with van der Waals surface area (Å²) in [5.41, 5.74) is 2.83. The molecule has 1 aliphatic heterocycles. The summed E-state index contributed by atoms with van der Waals surface area (Å²) in [6.07, 6.45) is 3.47. The van der Waals surface area contributed by atoms with E-state index in [-0.39, 0.29) is 23.0 Å². The molecule has 0 atom stereocenters. The van der Waals surface area contributed by atoms with Gasteiger partial charge in [-0.2, -0.15) is 0 Å². The smallest absolute Gasteiger partial charge is 0.251 e. The van der Waals surface area contributed by atoms with E-state index < -0.39 is 0 Å². The van der Waals surface area contributed by atoms with Crippen LogP contribution in [0.2, 0.25) is 0 Å². The molecule has 0 radical (unpaired) electrons. The topological polar surface area (TPSA) is 91.9 Å². The highest BCUT2D eigenvalue weighted by atomic mass is 16.5. The van der Waals surface area contributed by atoms with Gasteiger partial charge in [0.1, 0.15) is 11.6 Å². The second-order valence-corrected chi connectivity index (χ2v) is 9.58. The van der Waals surface area contributed by atoms with Gasteiger partial charge >= 0.3 is 0 Å². The molecule has 4 rings (SSSR count). The van der Waals surface area contributed by atoms with Crippen LogP contribution in [0.3, 0.4) is 0 Å². The van der Waals surface area contributed by atoms with Crippen LogP contribution in [0.15, 0.2) is 36.5 Å². The molecule has 0 spiro atoms. The molecule has 7 nitrogen and oxygen atoms in total. The number of H-pyrrole nitrogens is 1. The van der Waals surface area contributed by atoms with Crippen molar-refractivity contribution < 1.29 is 9.53 Å². The van der Waals surface area contributed by atoms with E-state index in [1.807, 2.05) is 31.2 Å². The molecule has 0 saturated carbocycles. The Hall–Kier alpha value is -2.93. The molecule has 1 amide bonds. The SMILES string of the molecule is CCOc1cc(C(=O)NC2CC(C)(C)NC(C)(C)C2)ccc1-c1nc2ncccc2[nH]1. The molecule has 1 saturated heterocycles. The van der Waals surface area contributed by atoms with Crippen molar-refractivity contribution in [3.8, 4) is 17.1 Å². The third-order valence-corrected chi connectivity index (χ3v) is 5.58. The van der Waals surface area contributed by atoms with E-state index in [1.54, 1.807) is 12.3 Å². The molecule has 1 aliphatic rings. The van der Waals surface area contributed by atoms with Gasteiger partial charge in [0.25, 0.3) is 5.91 Å². The number of benzene rings is 1. The summed E-state index contributed by atoms with van der Waals surface area (Å²) in [4.78, 5) is 25.2. The van der Waals surface area contributed by atoms with E-state index in [1.165, 1.54) is 0 Å². The van der Waals surface area contributed by atoms with Gasteiger partial charge in [-0.05, 0) is 77.8 Å². The number of rotatable bonds is 5. The Morgan fingerprint density at radius 3 is 2.61 bits per heavy atom. The van der Waals surface area contributed by atoms with Crippen molar-refractivity contribution >= 4 is 17.1 Å². The Morgan fingerprint density at radius 1 is 1.19 bits per heavy atom. The molecule has 164 valence electrons. The number of imidazole rings is 1. The lowest BCUT2D eigenvalue weighted by Gasteiger charge is -2.46. The molecule has 3 N–H and O–H groups in total. The molecule has 7 heteroatoms. The average molecular weight is 422 g/mol. The summed E-state index contributed by atoms with van der Waals surface area (Å²) in [6, 6.07) is 9.41. The Balaban J connectivity index is 1.59. The molecule has 1 fully saturated rings. The van der Waals surface area contributed by atoms with Crippen LogP contribution in [-0.4, -0.2) is 44.6 Å². The number of fused-ring (bicyclic) bond motifs is 1. The standard InChI is InChI=1S/C24H31N5O2/c1-6-31-19-12-15(22(30)26-16-13-23(2,3)29-24(4,5)14-16)9-10-17(19)20-27-18-8-7-11-25-21(18)28-20/h7-12,16,29H,6,13-14H2,1-5H3,(H,26,30)(H,25,27,28). The number of nitrogens with one attached hydrogen (secondary N) is 3. The summed E-state index contributed by atoms with van der Waals surface area (Å²) < 4.78 is 5.86.